The Morgan fingerprint density at radius 3 is 2.74 bits per heavy atom. The Kier molecular flexibility index (Phi) is 5.26. The summed E-state index contributed by atoms with van der Waals surface area (Å²) < 4.78 is 15.0. The smallest absolute Gasteiger partial charge is 0.342 e. The Balaban J connectivity index is 2.23. The lowest BCUT2D eigenvalue weighted by Gasteiger charge is -2.15. The van der Waals surface area contributed by atoms with Gasteiger partial charge in [0.15, 0.2) is 0 Å². The molecule has 0 bridgehead atoms. The van der Waals surface area contributed by atoms with Gasteiger partial charge in [-0.25, -0.2) is 4.79 Å². The summed E-state index contributed by atoms with van der Waals surface area (Å²) in [6, 6.07) is 0. The Hall–Kier alpha value is -2.50. The Morgan fingerprint density at radius 2 is 2.09 bits per heavy atom. The van der Waals surface area contributed by atoms with E-state index in [1.54, 1.807) is 0 Å². The van der Waals surface area contributed by atoms with Crippen molar-refractivity contribution in [1.82, 2.24) is 0 Å². The number of benzene rings is 1. The quantitative estimate of drug-likeness (QED) is 0.640. The van der Waals surface area contributed by atoms with Gasteiger partial charge in [-0.05, 0) is 25.3 Å². The zero-order chi connectivity index (χ0) is 17.0. The van der Waals surface area contributed by atoms with Crippen LogP contribution in [0.25, 0.3) is 0 Å². The van der Waals surface area contributed by atoms with Crippen LogP contribution >= 0.6 is 0 Å². The van der Waals surface area contributed by atoms with E-state index in [0.717, 1.165) is 5.56 Å². The Labute approximate surface area is 134 Å². The first-order valence-electron chi connectivity index (χ1n) is 7.31. The van der Waals surface area contributed by atoms with Crippen LogP contribution in [-0.4, -0.2) is 31.3 Å². The van der Waals surface area contributed by atoms with Gasteiger partial charge in [-0.15, -0.1) is 0 Å². The van der Waals surface area contributed by atoms with Gasteiger partial charge in [0.25, 0.3) is 0 Å². The van der Waals surface area contributed by atoms with Gasteiger partial charge in [0.2, 0.25) is 0 Å². The summed E-state index contributed by atoms with van der Waals surface area (Å²) in [5.74, 6) is -0.329. The van der Waals surface area contributed by atoms with E-state index in [2.05, 4.69) is 4.74 Å². The molecule has 1 heterocycles. The zero-order valence-electron chi connectivity index (χ0n) is 13.5. The van der Waals surface area contributed by atoms with Crippen LogP contribution in [0.4, 0.5) is 0 Å². The number of cyclic esters (lactones) is 1. The van der Waals surface area contributed by atoms with Crippen LogP contribution in [0.1, 0.15) is 39.9 Å². The lowest BCUT2D eigenvalue weighted by Crippen LogP contribution is -2.03. The van der Waals surface area contributed by atoms with Crippen molar-refractivity contribution in [3.63, 3.8) is 0 Å². The molecule has 0 radical (unpaired) electrons. The lowest BCUT2D eigenvalue weighted by molar-refractivity contribution is -0.140. The Morgan fingerprint density at radius 1 is 1.35 bits per heavy atom. The molecule has 0 amide bonds. The average molecular weight is 320 g/mol. The molecule has 0 aliphatic carbocycles. The largest absolute Gasteiger partial charge is 0.507 e. The molecule has 124 valence electrons. The molecular formula is C17H20O6. The number of carbonyl (C=O) groups excluding carboxylic acids is 2. The normalized spacial score (nSPS) is 13.1. The maximum atomic E-state index is 11.8. The molecule has 0 aromatic heterocycles. The predicted molar refractivity (Wildman–Crippen MR) is 82.6 cm³/mol. The summed E-state index contributed by atoms with van der Waals surface area (Å²) >= 11 is 0. The van der Waals surface area contributed by atoms with E-state index < -0.39 is 5.97 Å². The number of carbonyl (C=O) groups is 2. The van der Waals surface area contributed by atoms with Gasteiger partial charge in [-0.3, -0.25) is 4.79 Å². The van der Waals surface area contributed by atoms with E-state index in [-0.39, 0.29) is 23.9 Å². The molecule has 23 heavy (non-hydrogen) atoms. The van der Waals surface area contributed by atoms with Crippen molar-refractivity contribution < 1.29 is 28.9 Å². The number of methoxy groups -OCH3 is 2. The molecule has 1 aliphatic rings. The molecule has 1 aliphatic heterocycles. The van der Waals surface area contributed by atoms with E-state index in [9.17, 15) is 14.7 Å². The topological polar surface area (TPSA) is 82.1 Å². The molecule has 1 aromatic carbocycles. The van der Waals surface area contributed by atoms with E-state index in [1.807, 2.05) is 19.1 Å². The van der Waals surface area contributed by atoms with Gasteiger partial charge < -0.3 is 19.3 Å². The highest BCUT2D eigenvalue weighted by molar-refractivity contribution is 5.98. The van der Waals surface area contributed by atoms with Crippen molar-refractivity contribution in [3.8, 4) is 11.5 Å². The molecule has 2 rings (SSSR count). The number of allylic oxidation sites excluding steroid dienone is 2. The highest BCUT2D eigenvalue weighted by Crippen LogP contribution is 2.41. The highest BCUT2D eigenvalue weighted by Gasteiger charge is 2.31. The summed E-state index contributed by atoms with van der Waals surface area (Å²) in [5.41, 5.74) is 2.23. The minimum absolute atomic E-state index is 0.0948. The van der Waals surface area contributed by atoms with Crippen molar-refractivity contribution in [1.29, 1.82) is 0 Å². The van der Waals surface area contributed by atoms with Crippen molar-refractivity contribution in [2.24, 2.45) is 0 Å². The number of ether oxygens (including phenoxy) is 3. The van der Waals surface area contributed by atoms with Crippen molar-refractivity contribution in [2.45, 2.75) is 32.8 Å². The second-order valence-corrected chi connectivity index (χ2v) is 5.21. The summed E-state index contributed by atoms with van der Waals surface area (Å²) in [7, 11) is 2.87. The number of fused-ring (bicyclic) bond motifs is 1. The molecule has 0 atom stereocenters. The van der Waals surface area contributed by atoms with E-state index in [4.69, 9.17) is 9.47 Å². The summed E-state index contributed by atoms with van der Waals surface area (Å²) in [6.45, 7) is 1.99. The summed E-state index contributed by atoms with van der Waals surface area (Å²) in [4.78, 5) is 22.8. The SMILES string of the molecule is COC(=O)CCC=CCc1c(O)c2c(c(C)c1OC)COC2=O. The number of rotatable bonds is 6. The van der Waals surface area contributed by atoms with Crippen LogP contribution in [-0.2, 0) is 27.3 Å². The van der Waals surface area contributed by atoms with Gasteiger partial charge in [-0.1, -0.05) is 12.2 Å². The molecule has 1 aromatic rings. The molecule has 0 spiro atoms. The number of hydrogen-bond donors (Lipinski definition) is 1. The fourth-order valence-corrected chi connectivity index (χ4v) is 2.65. The second kappa shape index (κ2) is 7.17. The van der Waals surface area contributed by atoms with Crippen LogP contribution < -0.4 is 4.74 Å². The number of esters is 2. The maximum absolute atomic E-state index is 11.8. The maximum Gasteiger partial charge on any atom is 0.342 e. The molecule has 1 N–H and O–H groups in total. The van der Waals surface area contributed by atoms with Crippen molar-refractivity contribution >= 4 is 11.9 Å². The minimum Gasteiger partial charge on any atom is -0.507 e. The first-order chi connectivity index (χ1) is 11.0. The molecule has 6 nitrogen and oxygen atoms in total. The third-order valence-corrected chi connectivity index (χ3v) is 3.88. The third-order valence-electron chi connectivity index (χ3n) is 3.88. The fraction of sp³-hybridized carbons (Fsp3) is 0.412. The van der Waals surface area contributed by atoms with E-state index >= 15 is 0 Å². The van der Waals surface area contributed by atoms with Crippen LogP contribution in [0.3, 0.4) is 0 Å². The molecular weight excluding hydrogens is 300 g/mol. The average Bonchev–Trinajstić information content (AvgIpc) is 2.93. The van der Waals surface area contributed by atoms with Gasteiger partial charge in [-0.2, -0.15) is 0 Å². The van der Waals surface area contributed by atoms with Crippen LogP contribution in [0.5, 0.6) is 11.5 Å². The monoisotopic (exact) mass is 320 g/mol. The highest BCUT2D eigenvalue weighted by atomic mass is 16.5. The molecule has 0 unspecified atom stereocenters. The Bertz CT molecular complexity index is 660. The lowest BCUT2D eigenvalue weighted by atomic mass is 9.95. The van der Waals surface area contributed by atoms with E-state index in [1.165, 1.54) is 14.2 Å². The number of hydrogen-bond acceptors (Lipinski definition) is 6. The molecule has 0 saturated heterocycles. The van der Waals surface area contributed by atoms with Crippen LogP contribution in [0.2, 0.25) is 0 Å². The molecule has 6 heteroatoms. The third kappa shape index (κ3) is 3.31. The summed E-state index contributed by atoms with van der Waals surface area (Å²) in [6.07, 6.45) is 4.88. The summed E-state index contributed by atoms with van der Waals surface area (Å²) in [5, 5.41) is 10.4. The fourth-order valence-electron chi connectivity index (χ4n) is 2.65. The van der Waals surface area contributed by atoms with E-state index in [0.29, 0.717) is 36.1 Å². The van der Waals surface area contributed by atoms with Crippen molar-refractivity contribution in [2.75, 3.05) is 14.2 Å². The first-order valence-corrected chi connectivity index (χ1v) is 7.31. The van der Waals surface area contributed by atoms with Crippen LogP contribution in [0, 0.1) is 6.92 Å². The zero-order valence-corrected chi connectivity index (χ0v) is 13.5. The van der Waals surface area contributed by atoms with Gasteiger partial charge >= 0.3 is 11.9 Å². The molecule has 0 saturated carbocycles. The van der Waals surface area contributed by atoms with Crippen LogP contribution in [0.15, 0.2) is 12.2 Å². The number of phenols is 1. The molecule has 0 fully saturated rings. The second-order valence-electron chi connectivity index (χ2n) is 5.21. The van der Waals surface area contributed by atoms with Gasteiger partial charge in [0, 0.05) is 17.5 Å². The number of phenolic OH excluding ortho intramolecular Hbond substituents is 1. The van der Waals surface area contributed by atoms with Gasteiger partial charge in [0.05, 0.1) is 14.2 Å². The standard InChI is InChI=1S/C17H20O6/c1-10-12-9-23-17(20)14(12)15(19)11(16(10)22-3)7-5-4-6-8-13(18)21-2/h4-5,19H,6-9H2,1-3H3. The van der Waals surface area contributed by atoms with Crippen molar-refractivity contribution in [3.05, 3.63) is 34.4 Å². The number of aromatic hydroxyl groups is 1. The first kappa shape index (κ1) is 16.9. The predicted octanol–water partition coefficient (Wildman–Crippen LogP) is 2.43. The van der Waals surface area contributed by atoms with Gasteiger partial charge in [0.1, 0.15) is 23.7 Å². The minimum atomic E-state index is -0.515.